The van der Waals surface area contributed by atoms with Gasteiger partial charge in [0.15, 0.2) is 6.61 Å². The predicted octanol–water partition coefficient (Wildman–Crippen LogP) is 4.18. The molecule has 0 unspecified atom stereocenters. The molecule has 1 atom stereocenters. The molecule has 126 valence electrons. The monoisotopic (exact) mass is 357 g/mol. The second kappa shape index (κ2) is 6.33. The summed E-state index contributed by atoms with van der Waals surface area (Å²) in [4.78, 5) is 24.1. The summed E-state index contributed by atoms with van der Waals surface area (Å²) in [5.74, 6) is -0.661. The molecule has 1 aromatic rings. The van der Waals surface area contributed by atoms with Gasteiger partial charge in [0.2, 0.25) is 0 Å². The van der Waals surface area contributed by atoms with Gasteiger partial charge in [-0.3, -0.25) is 9.59 Å². The third kappa shape index (κ3) is 3.64. The lowest BCUT2D eigenvalue weighted by atomic mass is 9.98. The number of hydrogen-bond donors (Lipinski definition) is 1. The lowest BCUT2D eigenvalue weighted by molar-refractivity contribution is -0.152. The first-order valence-corrected chi connectivity index (χ1v) is 8.28. The zero-order chi connectivity index (χ0) is 17.4. The average molecular weight is 358 g/mol. The smallest absolute Gasteiger partial charge is 0.315 e. The van der Waals surface area contributed by atoms with Gasteiger partial charge >= 0.3 is 5.97 Å². The number of carbonyl (C=O) groups excluding carboxylic acids is 2. The van der Waals surface area contributed by atoms with Crippen molar-refractivity contribution < 1.29 is 14.3 Å². The number of nitrogens with one attached hydrogen (secondary N) is 1. The first kappa shape index (κ1) is 18.1. The van der Waals surface area contributed by atoms with Crippen LogP contribution in [0.2, 0.25) is 0 Å². The van der Waals surface area contributed by atoms with Crippen LogP contribution in [0.15, 0.2) is 18.2 Å². The third-order valence-corrected chi connectivity index (χ3v) is 5.34. The number of esters is 1. The van der Waals surface area contributed by atoms with E-state index in [0.717, 1.165) is 16.8 Å². The van der Waals surface area contributed by atoms with Gasteiger partial charge in [0.1, 0.15) is 9.75 Å². The molecule has 0 heterocycles. The lowest BCUT2D eigenvalue weighted by Gasteiger charge is -2.17. The van der Waals surface area contributed by atoms with Crippen LogP contribution < -0.4 is 5.32 Å². The molecule has 0 aliphatic heterocycles. The molecule has 23 heavy (non-hydrogen) atoms. The Balaban J connectivity index is 1.98. The maximum atomic E-state index is 12.1. The fourth-order valence-corrected chi connectivity index (χ4v) is 3.12. The minimum Gasteiger partial charge on any atom is -0.455 e. The number of halogens is 2. The molecule has 1 saturated carbocycles. The molecular weight excluding hydrogens is 337 g/mol. The molecule has 0 saturated heterocycles. The average Bonchev–Trinajstić information content (AvgIpc) is 2.98. The topological polar surface area (TPSA) is 55.4 Å². The van der Waals surface area contributed by atoms with E-state index in [0.29, 0.717) is 6.42 Å². The Morgan fingerprint density at radius 2 is 1.96 bits per heavy atom. The number of para-hydroxylation sites is 1. The van der Waals surface area contributed by atoms with Crippen LogP contribution in [-0.4, -0.2) is 22.8 Å². The summed E-state index contributed by atoms with van der Waals surface area (Å²) in [6.45, 7) is 7.31. The van der Waals surface area contributed by atoms with Crippen molar-refractivity contribution in [1.82, 2.24) is 0 Å². The van der Waals surface area contributed by atoms with Crippen molar-refractivity contribution in [3.63, 3.8) is 0 Å². The normalized spacial score (nSPS) is 21.9. The molecule has 1 aliphatic rings. The van der Waals surface area contributed by atoms with Crippen molar-refractivity contribution in [2.75, 3.05) is 11.9 Å². The van der Waals surface area contributed by atoms with E-state index in [1.165, 1.54) is 0 Å². The van der Waals surface area contributed by atoms with Gasteiger partial charge in [0.25, 0.3) is 5.91 Å². The number of rotatable bonds is 5. The molecule has 0 bridgehead atoms. The quantitative estimate of drug-likeness (QED) is 0.635. The van der Waals surface area contributed by atoms with Gasteiger partial charge in [0.05, 0.1) is 0 Å². The SMILES string of the molecule is Cc1cccc(C(C)C)c1NC(=O)COC(=O)[C@]1(C)CC1(Cl)Cl. The van der Waals surface area contributed by atoms with Crippen LogP contribution in [0.3, 0.4) is 0 Å². The van der Waals surface area contributed by atoms with Crippen LogP contribution in [0.25, 0.3) is 0 Å². The molecule has 0 spiro atoms. The minimum atomic E-state index is -1.10. The summed E-state index contributed by atoms with van der Waals surface area (Å²) in [6.07, 6.45) is 0.332. The van der Waals surface area contributed by atoms with Crippen molar-refractivity contribution in [2.24, 2.45) is 5.41 Å². The van der Waals surface area contributed by atoms with Gasteiger partial charge in [-0.25, -0.2) is 0 Å². The van der Waals surface area contributed by atoms with Gasteiger partial charge in [-0.05, 0) is 30.9 Å². The molecule has 0 aromatic heterocycles. The zero-order valence-electron chi connectivity index (χ0n) is 13.7. The Morgan fingerprint density at radius 1 is 1.35 bits per heavy atom. The molecule has 6 heteroatoms. The fourth-order valence-electron chi connectivity index (χ4n) is 2.43. The van der Waals surface area contributed by atoms with Crippen molar-refractivity contribution in [2.45, 2.75) is 44.4 Å². The Morgan fingerprint density at radius 3 is 2.48 bits per heavy atom. The van der Waals surface area contributed by atoms with E-state index in [1.54, 1.807) is 6.92 Å². The number of benzene rings is 1. The van der Waals surface area contributed by atoms with Crippen LogP contribution in [0, 0.1) is 12.3 Å². The van der Waals surface area contributed by atoms with Crippen LogP contribution in [0.5, 0.6) is 0 Å². The number of anilines is 1. The third-order valence-electron chi connectivity index (χ3n) is 4.23. The van der Waals surface area contributed by atoms with E-state index in [9.17, 15) is 9.59 Å². The Hall–Kier alpha value is -1.26. The summed E-state index contributed by atoms with van der Waals surface area (Å²) in [5.41, 5.74) is 1.84. The first-order chi connectivity index (χ1) is 10.6. The minimum absolute atomic E-state index is 0.270. The van der Waals surface area contributed by atoms with Crippen molar-refractivity contribution in [1.29, 1.82) is 0 Å². The maximum Gasteiger partial charge on any atom is 0.315 e. The van der Waals surface area contributed by atoms with Crippen molar-refractivity contribution in [3.8, 4) is 0 Å². The maximum absolute atomic E-state index is 12.1. The van der Waals surface area contributed by atoms with Gasteiger partial charge in [-0.1, -0.05) is 32.0 Å². The van der Waals surface area contributed by atoms with Gasteiger partial charge < -0.3 is 10.1 Å². The fraction of sp³-hybridized carbons (Fsp3) is 0.529. The summed E-state index contributed by atoms with van der Waals surface area (Å²) in [5, 5.41) is 2.83. The van der Waals surface area contributed by atoms with E-state index < -0.39 is 15.7 Å². The number of aryl methyl sites for hydroxylation is 1. The number of alkyl halides is 2. The van der Waals surface area contributed by atoms with Crippen LogP contribution in [-0.2, 0) is 14.3 Å². The van der Waals surface area contributed by atoms with E-state index >= 15 is 0 Å². The Bertz CT molecular complexity index is 643. The summed E-state index contributed by atoms with van der Waals surface area (Å²) < 4.78 is 3.96. The van der Waals surface area contributed by atoms with E-state index in [1.807, 2.05) is 25.1 Å². The highest BCUT2D eigenvalue weighted by Gasteiger charge is 2.69. The number of carbonyl (C=O) groups is 2. The second-order valence-electron chi connectivity index (χ2n) is 6.53. The van der Waals surface area contributed by atoms with Gasteiger partial charge in [-0.15, -0.1) is 23.2 Å². The number of amides is 1. The predicted molar refractivity (Wildman–Crippen MR) is 92.0 cm³/mol. The van der Waals surface area contributed by atoms with E-state index in [4.69, 9.17) is 27.9 Å². The van der Waals surface area contributed by atoms with Crippen molar-refractivity contribution in [3.05, 3.63) is 29.3 Å². The molecular formula is C17H21Cl2NO3. The van der Waals surface area contributed by atoms with Gasteiger partial charge in [0, 0.05) is 12.1 Å². The lowest BCUT2D eigenvalue weighted by Crippen LogP contribution is -2.27. The highest BCUT2D eigenvalue weighted by molar-refractivity contribution is 6.53. The Labute approximate surface area is 146 Å². The standard InChI is InChI=1S/C17H21Cl2NO3/c1-10(2)12-7-5-6-11(3)14(12)20-13(21)8-23-15(22)16(4)9-17(16,18)19/h5-7,10H,8-9H2,1-4H3,(H,20,21)/t16-/m0/s1. The molecule has 1 N–H and O–H groups in total. The molecule has 1 aromatic carbocycles. The van der Waals surface area contributed by atoms with E-state index in [-0.39, 0.29) is 18.4 Å². The molecule has 1 fully saturated rings. The summed E-state index contributed by atoms with van der Waals surface area (Å²) in [7, 11) is 0. The highest BCUT2D eigenvalue weighted by Crippen LogP contribution is 2.64. The van der Waals surface area contributed by atoms with Crippen molar-refractivity contribution >= 4 is 40.8 Å². The van der Waals surface area contributed by atoms with Crippen LogP contribution in [0.1, 0.15) is 44.2 Å². The highest BCUT2D eigenvalue weighted by atomic mass is 35.5. The second-order valence-corrected chi connectivity index (χ2v) is 8.02. The van der Waals surface area contributed by atoms with Crippen LogP contribution >= 0.6 is 23.2 Å². The molecule has 1 amide bonds. The zero-order valence-corrected chi connectivity index (χ0v) is 15.2. The van der Waals surface area contributed by atoms with E-state index in [2.05, 4.69) is 19.2 Å². The van der Waals surface area contributed by atoms with Crippen LogP contribution in [0.4, 0.5) is 5.69 Å². The first-order valence-electron chi connectivity index (χ1n) is 7.53. The Kier molecular flexibility index (Phi) is 4.97. The number of hydrogen-bond acceptors (Lipinski definition) is 3. The molecule has 1 aliphatic carbocycles. The molecule has 4 nitrogen and oxygen atoms in total. The summed E-state index contributed by atoms with van der Waals surface area (Å²) >= 11 is 11.9. The molecule has 2 rings (SSSR count). The number of ether oxygens (including phenoxy) is 1. The molecule has 0 radical (unpaired) electrons. The van der Waals surface area contributed by atoms with Gasteiger partial charge in [-0.2, -0.15) is 0 Å². The summed E-state index contributed by atoms with van der Waals surface area (Å²) in [6, 6.07) is 5.85. The largest absolute Gasteiger partial charge is 0.455 e.